The van der Waals surface area contributed by atoms with E-state index in [1.807, 2.05) is 12.2 Å². The lowest BCUT2D eigenvalue weighted by atomic mass is 9.99. The van der Waals surface area contributed by atoms with Crippen LogP contribution in [0.15, 0.2) is 46.6 Å². The van der Waals surface area contributed by atoms with E-state index in [1.165, 1.54) is 25.9 Å². The Morgan fingerprint density at radius 1 is 1.26 bits per heavy atom. The maximum atomic E-state index is 5.93. The molecule has 0 atom stereocenters. The molecule has 3 N–H and O–H groups in total. The number of methoxy groups -OCH3 is 2. The Morgan fingerprint density at radius 2 is 2.04 bits per heavy atom. The van der Waals surface area contributed by atoms with E-state index in [1.54, 1.807) is 14.2 Å². The number of ether oxygens (including phenoxy) is 3. The minimum absolute atomic E-state index is 0.360. The van der Waals surface area contributed by atoms with Crippen LogP contribution in [0.2, 0.25) is 0 Å². The number of allylic oxidation sites excluding steroid dienone is 3. The van der Waals surface area contributed by atoms with Gasteiger partial charge in [-0.1, -0.05) is 0 Å². The van der Waals surface area contributed by atoms with E-state index in [4.69, 9.17) is 19.9 Å². The van der Waals surface area contributed by atoms with E-state index in [0.717, 1.165) is 30.8 Å². The Morgan fingerprint density at radius 3 is 2.74 bits per heavy atom. The van der Waals surface area contributed by atoms with Crippen molar-refractivity contribution < 1.29 is 14.2 Å². The van der Waals surface area contributed by atoms with E-state index < -0.39 is 0 Å². The van der Waals surface area contributed by atoms with Crippen LogP contribution in [0.25, 0.3) is 0 Å². The first-order valence-corrected chi connectivity index (χ1v) is 8.10. The van der Waals surface area contributed by atoms with Crippen molar-refractivity contribution in [2.24, 2.45) is 5.73 Å². The van der Waals surface area contributed by atoms with Crippen molar-refractivity contribution in [3.63, 3.8) is 0 Å². The average Bonchev–Trinajstić information content (AvgIpc) is 3.06. The van der Waals surface area contributed by atoms with Gasteiger partial charge >= 0.3 is 0 Å². The lowest BCUT2D eigenvalue weighted by Gasteiger charge is -2.27. The second-order valence-corrected chi connectivity index (χ2v) is 5.86. The molecule has 3 aliphatic rings. The molecule has 0 unspecified atom stereocenters. The highest BCUT2D eigenvalue weighted by atomic mass is 16.5. The number of nitrogens with two attached hydrogens (primary N) is 1. The molecule has 6 heteroatoms. The van der Waals surface area contributed by atoms with Crippen molar-refractivity contribution in [1.82, 2.24) is 10.2 Å². The highest BCUT2D eigenvalue weighted by Crippen LogP contribution is 2.36. The van der Waals surface area contributed by atoms with Gasteiger partial charge in [0, 0.05) is 36.9 Å². The molecule has 2 aliphatic heterocycles. The summed E-state index contributed by atoms with van der Waals surface area (Å²) in [5.41, 5.74) is 7.99. The minimum Gasteiger partial charge on any atom is -0.493 e. The van der Waals surface area contributed by atoms with Gasteiger partial charge in [-0.15, -0.1) is 0 Å². The normalized spacial score (nSPS) is 21.5. The smallest absolute Gasteiger partial charge is 0.204 e. The summed E-state index contributed by atoms with van der Waals surface area (Å²) in [4.78, 5) is 2.48. The monoisotopic (exact) mass is 319 g/mol. The molecule has 1 aliphatic carbocycles. The summed E-state index contributed by atoms with van der Waals surface area (Å²) in [6.07, 6.45) is 7.19. The number of nitrogens with one attached hydrogen (secondary N) is 1. The molecule has 3 rings (SSSR count). The maximum Gasteiger partial charge on any atom is 0.204 e. The highest BCUT2D eigenvalue weighted by Gasteiger charge is 2.29. The Kier molecular flexibility index (Phi) is 4.81. The molecule has 0 aromatic rings. The van der Waals surface area contributed by atoms with Gasteiger partial charge in [0.25, 0.3) is 0 Å². The van der Waals surface area contributed by atoms with E-state index in [0.29, 0.717) is 23.2 Å². The number of rotatable bonds is 6. The third-order valence-electron chi connectivity index (χ3n) is 4.39. The van der Waals surface area contributed by atoms with Crippen molar-refractivity contribution >= 4 is 0 Å². The summed E-state index contributed by atoms with van der Waals surface area (Å²) in [7, 11) is 3.23. The van der Waals surface area contributed by atoms with E-state index in [-0.39, 0.29) is 0 Å². The number of hydrogen-bond acceptors (Lipinski definition) is 6. The molecule has 0 aromatic heterocycles. The Labute approximate surface area is 137 Å². The summed E-state index contributed by atoms with van der Waals surface area (Å²) in [6, 6.07) is 0. The van der Waals surface area contributed by atoms with Gasteiger partial charge < -0.3 is 30.2 Å². The van der Waals surface area contributed by atoms with Gasteiger partial charge in [-0.3, -0.25) is 0 Å². The molecular weight excluding hydrogens is 294 g/mol. The third kappa shape index (κ3) is 3.32. The second kappa shape index (κ2) is 7.00. The first-order valence-electron chi connectivity index (χ1n) is 8.10. The van der Waals surface area contributed by atoms with E-state index >= 15 is 0 Å². The largest absolute Gasteiger partial charge is 0.493 e. The van der Waals surface area contributed by atoms with Gasteiger partial charge in [-0.25, -0.2) is 0 Å². The average molecular weight is 319 g/mol. The number of nitrogens with zero attached hydrogens (tertiary/aromatic N) is 1. The first-order chi connectivity index (χ1) is 11.2. The number of likely N-dealkylation sites (tertiary alicyclic amines) is 1. The predicted molar refractivity (Wildman–Crippen MR) is 87.8 cm³/mol. The van der Waals surface area contributed by atoms with Gasteiger partial charge in [-0.05, 0) is 32.0 Å². The zero-order valence-corrected chi connectivity index (χ0v) is 13.9. The Hall–Kier alpha value is -2.08. The maximum absolute atomic E-state index is 5.93. The molecule has 0 aromatic carbocycles. The number of hydrogen-bond donors (Lipinski definition) is 2. The van der Waals surface area contributed by atoms with E-state index in [2.05, 4.69) is 10.2 Å². The van der Waals surface area contributed by atoms with E-state index in [9.17, 15) is 0 Å². The molecule has 126 valence electrons. The Bertz CT molecular complexity index is 584. The van der Waals surface area contributed by atoms with Crippen molar-refractivity contribution in [2.75, 3.05) is 40.4 Å². The summed E-state index contributed by atoms with van der Waals surface area (Å²) < 4.78 is 16.5. The summed E-state index contributed by atoms with van der Waals surface area (Å²) >= 11 is 0. The van der Waals surface area contributed by atoms with Crippen LogP contribution in [-0.4, -0.2) is 45.3 Å². The van der Waals surface area contributed by atoms with Crippen LogP contribution in [0.1, 0.15) is 19.3 Å². The van der Waals surface area contributed by atoms with Crippen LogP contribution < -0.4 is 11.1 Å². The third-order valence-corrected chi connectivity index (χ3v) is 4.39. The topological polar surface area (TPSA) is 69.0 Å². The second-order valence-electron chi connectivity index (χ2n) is 5.86. The molecule has 0 saturated carbocycles. The lowest BCUT2D eigenvalue weighted by Crippen LogP contribution is -2.31. The van der Waals surface area contributed by atoms with Crippen LogP contribution >= 0.6 is 0 Å². The molecule has 0 spiro atoms. The zero-order valence-electron chi connectivity index (χ0n) is 13.9. The molecule has 1 saturated heterocycles. The van der Waals surface area contributed by atoms with Crippen LogP contribution in [-0.2, 0) is 14.2 Å². The fraction of sp³-hybridized carbons (Fsp3) is 0.529. The zero-order chi connectivity index (χ0) is 16.2. The lowest BCUT2D eigenvalue weighted by molar-refractivity contribution is 0.184. The summed E-state index contributed by atoms with van der Waals surface area (Å²) in [5.74, 6) is 2.27. The van der Waals surface area contributed by atoms with Gasteiger partial charge in [0.1, 0.15) is 0 Å². The van der Waals surface area contributed by atoms with Crippen LogP contribution in [0.5, 0.6) is 0 Å². The van der Waals surface area contributed by atoms with Crippen LogP contribution in [0, 0.1) is 0 Å². The van der Waals surface area contributed by atoms with Crippen molar-refractivity contribution in [2.45, 2.75) is 19.3 Å². The van der Waals surface area contributed by atoms with Gasteiger partial charge in [-0.2, -0.15) is 0 Å². The molecule has 0 bridgehead atoms. The minimum atomic E-state index is 0.360. The standard InChI is InChI=1S/C17H25N3O3/c1-21-14-6-5-12-13(19-7-10-20-8-3-4-9-20)11-15(18)23-16(12)17(14)22-2/h6,11,19H,3-5,7-10,18H2,1-2H3. The fourth-order valence-corrected chi connectivity index (χ4v) is 3.23. The van der Waals surface area contributed by atoms with Crippen molar-refractivity contribution in [3.8, 4) is 0 Å². The molecule has 23 heavy (non-hydrogen) atoms. The molecule has 0 amide bonds. The highest BCUT2D eigenvalue weighted by molar-refractivity contribution is 5.49. The van der Waals surface area contributed by atoms with Crippen molar-refractivity contribution in [1.29, 1.82) is 0 Å². The molecule has 1 fully saturated rings. The SMILES string of the molecule is COC1=CCC2=C(NCCN3CCCC3)C=C(N)OC2=C1OC. The van der Waals surface area contributed by atoms with Gasteiger partial charge in [0.15, 0.2) is 17.4 Å². The molecule has 0 radical (unpaired) electrons. The van der Waals surface area contributed by atoms with Crippen molar-refractivity contribution in [3.05, 3.63) is 46.6 Å². The molecular formula is C17H25N3O3. The first kappa shape index (κ1) is 15.8. The fourth-order valence-electron chi connectivity index (χ4n) is 3.23. The van der Waals surface area contributed by atoms with Crippen LogP contribution in [0.4, 0.5) is 0 Å². The summed E-state index contributed by atoms with van der Waals surface area (Å²) in [6.45, 7) is 4.33. The molecule has 2 heterocycles. The Balaban J connectivity index is 1.76. The molecule has 6 nitrogen and oxygen atoms in total. The predicted octanol–water partition coefficient (Wildman–Crippen LogP) is 1.55. The van der Waals surface area contributed by atoms with Crippen LogP contribution in [0.3, 0.4) is 0 Å². The summed E-state index contributed by atoms with van der Waals surface area (Å²) in [5, 5.41) is 3.50. The van der Waals surface area contributed by atoms with Gasteiger partial charge in [0.2, 0.25) is 5.76 Å². The quantitative estimate of drug-likeness (QED) is 0.774. The number of fused-ring (bicyclic) bond motifs is 1. The van der Waals surface area contributed by atoms with Gasteiger partial charge in [0.05, 0.1) is 14.2 Å².